The monoisotopic (exact) mass is 296 g/mol. The molecule has 1 saturated heterocycles. The highest BCUT2D eigenvalue weighted by Crippen LogP contribution is 2.31. The minimum Gasteiger partial charge on any atom is -0.397 e. The van der Waals surface area contributed by atoms with Gasteiger partial charge in [0.05, 0.1) is 11.4 Å². The van der Waals surface area contributed by atoms with E-state index < -0.39 is 0 Å². The number of benzene rings is 1. The summed E-state index contributed by atoms with van der Waals surface area (Å²) < 4.78 is 0.823. The topological polar surface area (TPSA) is 63.4 Å². The predicted molar refractivity (Wildman–Crippen MR) is 69.4 cm³/mol. The van der Waals surface area contributed by atoms with Crippen LogP contribution >= 0.6 is 15.9 Å². The molecular weight excluding hydrogens is 284 g/mol. The standard InChI is InChI=1S/C12H13BrN2O2/c1-7-4-11(16)15(12(17)5-7)10-3-2-8(13)6-9(10)14/h2-3,6-7H,4-5,14H2,1H3. The van der Waals surface area contributed by atoms with Crippen molar-refractivity contribution in [3.63, 3.8) is 0 Å². The number of hydrogen-bond acceptors (Lipinski definition) is 3. The second-order valence-corrected chi connectivity index (χ2v) is 5.26. The smallest absolute Gasteiger partial charge is 0.234 e. The summed E-state index contributed by atoms with van der Waals surface area (Å²) in [5.74, 6) is -0.242. The lowest BCUT2D eigenvalue weighted by atomic mass is 9.97. The Morgan fingerprint density at radius 3 is 2.41 bits per heavy atom. The highest BCUT2D eigenvalue weighted by molar-refractivity contribution is 9.10. The quantitative estimate of drug-likeness (QED) is 0.639. The van der Waals surface area contributed by atoms with E-state index in [4.69, 9.17) is 5.73 Å². The minimum absolute atomic E-state index is 0.114. The van der Waals surface area contributed by atoms with Crippen molar-refractivity contribution in [3.8, 4) is 0 Å². The number of anilines is 2. The summed E-state index contributed by atoms with van der Waals surface area (Å²) in [7, 11) is 0. The first-order valence-electron chi connectivity index (χ1n) is 5.40. The number of nitrogen functional groups attached to an aromatic ring is 1. The molecular formula is C12H13BrN2O2. The Kier molecular flexibility index (Phi) is 3.19. The van der Waals surface area contributed by atoms with Crippen molar-refractivity contribution >= 4 is 39.1 Å². The van der Waals surface area contributed by atoms with E-state index in [2.05, 4.69) is 15.9 Å². The molecule has 1 aliphatic rings. The molecule has 1 heterocycles. The van der Waals surface area contributed by atoms with E-state index >= 15 is 0 Å². The van der Waals surface area contributed by atoms with Crippen LogP contribution in [0.15, 0.2) is 22.7 Å². The van der Waals surface area contributed by atoms with Crippen molar-refractivity contribution in [2.75, 3.05) is 10.6 Å². The number of amides is 2. The van der Waals surface area contributed by atoms with Crippen LogP contribution in [0.25, 0.3) is 0 Å². The van der Waals surface area contributed by atoms with Gasteiger partial charge in [-0.1, -0.05) is 22.9 Å². The van der Waals surface area contributed by atoms with Gasteiger partial charge in [-0.15, -0.1) is 0 Å². The molecule has 17 heavy (non-hydrogen) atoms. The van der Waals surface area contributed by atoms with Crippen molar-refractivity contribution in [1.82, 2.24) is 0 Å². The van der Waals surface area contributed by atoms with Crippen LogP contribution in [0.1, 0.15) is 19.8 Å². The molecule has 2 rings (SSSR count). The average molecular weight is 297 g/mol. The molecule has 1 aromatic rings. The van der Waals surface area contributed by atoms with Crippen molar-refractivity contribution in [2.24, 2.45) is 5.92 Å². The molecule has 2 amide bonds. The van der Waals surface area contributed by atoms with E-state index in [1.165, 1.54) is 4.90 Å². The molecule has 2 N–H and O–H groups in total. The molecule has 90 valence electrons. The molecule has 0 bridgehead atoms. The molecule has 0 radical (unpaired) electrons. The van der Waals surface area contributed by atoms with Crippen molar-refractivity contribution < 1.29 is 9.59 Å². The molecule has 1 fully saturated rings. The van der Waals surface area contributed by atoms with Crippen LogP contribution in [-0.2, 0) is 9.59 Å². The van der Waals surface area contributed by atoms with Crippen LogP contribution in [0.5, 0.6) is 0 Å². The Balaban J connectivity index is 2.38. The zero-order valence-corrected chi connectivity index (χ0v) is 11.0. The van der Waals surface area contributed by atoms with Gasteiger partial charge < -0.3 is 5.73 Å². The van der Waals surface area contributed by atoms with Crippen LogP contribution in [0.3, 0.4) is 0 Å². The Bertz CT molecular complexity index is 469. The summed E-state index contributed by atoms with van der Waals surface area (Å²) in [4.78, 5) is 25.0. The lowest BCUT2D eigenvalue weighted by molar-refractivity contribution is -0.130. The van der Waals surface area contributed by atoms with Gasteiger partial charge >= 0.3 is 0 Å². The van der Waals surface area contributed by atoms with Gasteiger partial charge in [-0.3, -0.25) is 9.59 Å². The lowest BCUT2D eigenvalue weighted by Crippen LogP contribution is -2.43. The van der Waals surface area contributed by atoms with E-state index in [1.807, 2.05) is 6.92 Å². The van der Waals surface area contributed by atoms with Gasteiger partial charge in [0.15, 0.2) is 0 Å². The molecule has 1 aliphatic heterocycles. The Morgan fingerprint density at radius 1 is 1.29 bits per heavy atom. The number of nitrogens with two attached hydrogens (primary N) is 1. The van der Waals surface area contributed by atoms with Gasteiger partial charge in [0.25, 0.3) is 0 Å². The number of hydrogen-bond donors (Lipinski definition) is 1. The van der Waals surface area contributed by atoms with Crippen LogP contribution in [0, 0.1) is 5.92 Å². The van der Waals surface area contributed by atoms with Crippen LogP contribution in [0.2, 0.25) is 0 Å². The van der Waals surface area contributed by atoms with Gasteiger partial charge in [-0.25, -0.2) is 4.90 Å². The molecule has 0 spiro atoms. The molecule has 0 saturated carbocycles. The summed E-state index contributed by atoms with van der Waals surface area (Å²) >= 11 is 3.29. The molecule has 1 aromatic carbocycles. The average Bonchev–Trinajstić information content (AvgIpc) is 2.19. The number of nitrogens with zero attached hydrogens (tertiary/aromatic N) is 1. The fraction of sp³-hybridized carbons (Fsp3) is 0.333. The molecule has 0 atom stereocenters. The number of rotatable bonds is 1. The first-order valence-corrected chi connectivity index (χ1v) is 6.19. The first-order chi connectivity index (χ1) is 7.99. The van der Waals surface area contributed by atoms with E-state index in [0.29, 0.717) is 24.2 Å². The Labute approximate surface area is 108 Å². The summed E-state index contributed by atoms with van der Waals surface area (Å²) in [5.41, 5.74) is 6.74. The third-order valence-electron chi connectivity index (χ3n) is 2.78. The zero-order valence-electron chi connectivity index (χ0n) is 9.44. The Hall–Kier alpha value is -1.36. The molecule has 0 aromatic heterocycles. The van der Waals surface area contributed by atoms with Gasteiger partial charge in [-0.05, 0) is 24.1 Å². The lowest BCUT2D eigenvalue weighted by Gasteiger charge is -2.29. The van der Waals surface area contributed by atoms with E-state index in [1.54, 1.807) is 18.2 Å². The fourth-order valence-corrected chi connectivity index (χ4v) is 2.37. The Morgan fingerprint density at radius 2 is 1.88 bits per heavy atom. The normalized spacial score (nSPS) is 17.6. The van der Waals surface area contributed by atoms with Gasteiger partial charge in [0, 0.05) is 17.3 Å². The van der Waals surface area contributed by atoms with Crippen molar-refractivity contribution in [1.29, 1.82) is 0 Å². The molecule has 5 heteroatoms. The van der Waals surface area contributed by atoms with E-state index in [-0.39, 0.29) is 17.7 Å². The highest BCUT2D eigenvalue weighted by atomic mass is 79.9. The van der Waals surface area contributed by atoms with Gasteiger partial charge in [0.2, 0.25) is 11.8 Å². The van der Waals surface area contributed by atoms with Crippen LogP contribution in [0.4, 0.5) is 11.4 Å². The SMILES string of the molecule is CC1CC(=O)N(c2ccc(Br)cc2N)C(=O)C1. The number of piperidine rings is 1. The molecule has 0 unspecified atom stereocenters. The maximum Gasteiger partial charge on any atom is 0.234 e. The first kappa shape index (κ1) is 12.1. The predicted octanol–water partition coefficient (Wildman–Crippen LogP) is 2.32. The maximum absolute atomic E-state index is 11.9. The van der Waals surface area contributed by atoms with Crippen LogP contribution < -0.4 is 10.6 Å². The summed E-state index contributed by atoms with van der Waals surface area (Å²) in [6.45, 7) is 1.90. The minimum atomic E-state index is -0.178. The summed E-state index contributed by atoms with van der Waals surface area (Å²) in [6.07, 6.45) is 0.780. The molecule has 0 aliphatic carbocycles. The summed E-state index contributed by atoms with van der Waals surface area (Å²) in [5, 5.41) is 0. The second kappa shape index (κ2) is 4.49. The largest absolute Gasteiger partial charge is 0.397 e. The van der Waals surface area contributed by atoms with Crippen molar-refractivity contribution in [3.05, 3.63) is 22.7 Å². The number of carbonyl (C=O) groups is 2. The number of halogens is 1. The number of imide groups is 1. The van der Waals surface area contributed by atoms with Gasteiger partial charge in [0.1, 0.15) is 0 Å². The fourth-order valence-electron chi connectivity index (χ4n) is 1.99. The summed E-state index contributed by atoms with van der Waals surface area (Å²) in [6, 6.07) is 5.14. The molecule has 4 nitrogen and oxygen atoms in total. The number of carbonyl (C=O) groups excluding carboxylic acids is 2. The van der Waals surface area contributed by atoms with Crippen LogP contribution in [-0.4, -0.2) is 11.8 Å². The third kappa shape index (κ3) is 2.34. The maximum atomic E-state index is 11.9. The van der Waals surface area contributed by atoms with E-state index in [0.717, 1.165) is 4.47 Å². The van der Waals surface area contributed by atoms with Crippen molar-refractivity contribution in [2.45, 2.75) is 19.8 Å². The zero-order chi connectivity index (χ0) is 12.6. The van der Waals surface area contributed by atoms with E-state index in [9.17, 15) is 9.59 Å². The highest BCUT2D eigenvalue weighted by Gasteiger charge is 2.32. The third-order valence-corrected chi connectivity index (χ3v) is 3.27. The van der Waals surface area contributed by atoms with Gasteiger partial charge in [-0.2, -0.15) is 0 Å². The second-order valence-electron chi connectivity index (χ2n) is 4.34.